The monoisotopic (exact) mass is 327 g/mol. The van der Waals surface area contributed by atoms with Gasteiger partial charge in [0, 0.05) is 6.08 Å². The summed E-state index contributed by atoms with van der Waals surface area (Å²) in [5, 5.41) is 23.0. The molecule has 0 unspecified atom stereocenters. The van der Waals surface area contributed by atoms with E-state index in [1.165, 1.54) is 23.7 Å². The average Bonchev–Trinajstić information content (AvgIpc) is 3.25. The molecule has 0 atom stereocenters. The van der Waals surface area contributed by atoms with Crippen molar-refractivity contribution >= 4 is 28.5 Å². The number of carbonyl (C=O) groups is 1. The van der Waals surface area contributed by atoms with E-state index in [1.54, 1.807) is 10.8 Å². The normalized spacial score (nSPS) is 11.0. The van der Waals surface area contributed by atoms with Gasteiger partial charge in [0.1, 0.15) is 11.3 Å². The third-order valence-corrected chi connectivity index (χ3v) is 3.89. The largest absolute Gasteiger partial charge is 0.297 e. The van der Waals surface area contributed by atoms with Crippen LogP contribution < -0.4 is 5.32 Å². The Kier molecular flexibility index (Phi) is 4.48. The maximum atomic E-state index is 11.9. The first kappa shape index (κ1) is 15.0. The number of aromatic nitrogens is 6. The van der Waals surface area contributed by atoms with Crippen molar-refractivity contribution in [1.29, 1.82) is 0 Å². The molecule has 0 saturated heterocycles. The molecule has 0 fully saturated rings. The zero-order valence-corrected chi connectivity index (χ0v) is 13.1. The minimum absolute atomic E-state index is 0.253. The molecular formula is C14H13N7OS. The van der Waals surface area contributed by atoms with E-state index >= 15 is 0 Å². The second-order valence-corrected chi connectivity index (χ2v) is 5.59. The quantitative estimate of drug-likeness (QED) is 0.717. The van der Waals surface area contributed by atoms with Gasteiger partial charge in [-0.05, 0) is 40.6 Å². The van der Waals surface area contributed by atoms with Crippen molar-refractivity contribution in [3.05, 3.63) is 47.2 Å². The van der Waals surface area contributed by atoms with E-state index in [0.717, 1.165) is 22.7 Å². The zero-order chi connectivity index (χ0) is 16.1. The number of nitrogens with one attached hydrogen (secondary N) is 1. The second-order valence-electron chi connectivity index (χ2n) is 4.53. The van der Waals surface area contributed by atoms with Gasteiger partial charge in [0.15, 0.2) is 0 Å². The van der Waals surface area contributed by atoms with E-state index in [4.69, 9.17) is 0 Å². The summed E-state index contributed by atoms with van der Waals surface area (Å²) in [4.78, 5) is 11.9. The summed E-state index contributed by atoms with van der Waals surface area (Å²) in [6, 6.07) is 7.51. The molecule has 23 heavy (non-hydrogen) atoms. The van der Waals surface area contributed by atoms with Gasteiger partial charge in [0.2, 0.25) is 11.0 Å². The Hall–Kier alpha value is -2.94. The van der Waals surface area contributed by atoms with E-state index in [1.807, 2.05) is 31.2 Å². The molecule has 116 valence electrons. The molecule has 8 nitrogen and oxygen atoms in total. The number of aryl methyl sites for hydroxylation is 1. The number of nitrogens with zero attached hydrogens (tertiary/aromatic N) is 6. The highest BCUT2D eigenvalue weighted by Gasteiger charge is 2.04. The first-order valence-corrected chi connectivity index (χ1v) is 7.71. The molecular weight excluding hydrogens is 314 g/mol. The summed E-state index contributed by atoms with van der Waals surface area (Å²) in [6.45, 7) is 1.99. The lowest BCUT2D eigenvalue weighted by molar-refractivity contribution is -0.111. The lowest BCUT2D eigenvalue weighted by Gasteiger charge is -2.00. The molecule has 0 spiro atoms. The van der Waals surface area contributed by atoms with Crippen LogP contribution in [0.1, 0.15) is 17.5 Å². The van der Waals surface area contributed by atoms with Crippen LogP contribution in [0, 0.1) is 0 Å². The minimum atomic E-state index is -0.253. The van der Waals surface area contributed by atoms with Crippen LogP contribution in [0.3, 0.4) is 0 Å². The van der Waals surface area contributed by atoms with Gasteiger partial charge in [0.05, 0.1) is 5.69 Å². The number of amides is 1. The predicted molar refractivity (Wildman–Crippen MR) is 86.1 cm³/mol. The highest BCUT2D eigenvalue weighted by atomic mass is 32.1. The van der Waals surface area contributed by atoms with Crippen LogP contribution in [0.5, 0.6) is 0 Å². The van der Waals surface area contributed by atoms with Crippen molar-refractivity contribution < 1.29 is 4.79 Å². The molecule has 1 N–H and O–H groups in total. The van der Waals surface area contributed by atoms with Crippen molar-refractivity contribution in [2.75, 3.05) is 5.32 Å². The van der Waals surface area contributed by atoms with Crippen LogP contribution >= 0.6 is 11.3 Å². The first-order chi connectivity index (χ1) is 11.2. The van der Waals surface area contributed by atoms with E-state index < -0.39 is 0 Å². The molecule has 1 aromatic carbocycles. The molecule has 0 bridgehead atoms. The molecule has 0 radical (unpaired) electrons. The van der Waals surface area contributed by atoms with Crippen LogP contribution in [0.15, 0.2) is 36.7 Å². The molecule has 2 aromatic heterocycles. The Morgan fingerprint density at radius 1 is 1.39 bits per heavy atom. The molecule has 2 heterocycles. The average molecular weight is 327 g/mol. The second kappa shape index (κ2) is 6.88. The summed E-state index contributed by atoms with van der Waals surface area (Å²) in [5.74, 6) is -0.253. The molecule has 1 amide bonds. The smallest absolute Gasteiger partial charge is 0.250 e. The third kappa shape index (κ3) is 3.83. The molecule has 0 aliphatic heterocycles. The number of benzene rings is 1. The van der Waals surface area contributed by atoms with Gasteiger partial charge in [-0.1, -0.05) is 30.4 Å². The Morgan fingerprint density at radius 2 is 2.30 bits per heavy atom. The fourth-order valence-corrected chi connectivity index (χ4v) is 2.50. The lowest BCUT2D eigenvalue weighted by Crippen LogP contribution is -2.07. The van der Waals surface area contributed by atoms with Gasteiger partial charge in [-0.25, -0.2) is 4.68 Å². The minimum Gasteiger partial charge on any atom is -0.297 e. The van der Waals surface area contributed by atoms with Gasteiger partial charge >= 0.3 is 0 Å². The summed E-state index contributed by atoms with van der Waals surface area (Å²) < 4.78 is 1.55. The molecule has 0 aliphatic carbocycles. The standard InChI is InChI=1S/C14H13N7OS/c1-2-13-17-18-14(23-13)16-12(22)7-6-10-4-3-5-11(8-10)21-9-15-19-20-21/h3-9H,2H2,1H3,(H,16,18,22)/b7-6+. The van der Waals surface area contributed by atoms with Crippen LogP contribution in [0.2, 0.25) is 0 Å². The lowest BCUT2D eigenvalue weighted by atomic mass is 10.2. The van der Waals surface area contributed by atoms with Crippen LogP contribution in [0.4, 0.5) is 5.13 Å². The number of hydrogen-bond donors (Lipinski definition) is 1. The van der Waals surface area contributed by atoms with Crippen LogP contribution in [0.25, 0.3) is 11.8 Å². The molecule has 0 saturated carbocycles. The molecule has 3 aromatic rings. The van der Waals surface area contributed by atoms with Crippen molar-refractivity contribution in [3.63, 3.8) is 0 Å². The highest BCUT2D eigenvalue weighted by Crippen LogP contribution is 2.15. The number of carbonyl (C=O) groups excluding carboxylic acids is 1. The van der Waals surface area contributed by atoms with Gasteiger partial charge in [-0.3, -0.25) is 10.1 Å². The van der Waals surface area contributed by atoms with Crippen LogP contribution in [-0.2, 0) is 11.2 Å². The molecule has 3 rings (SSSR count). The fraction of sp³-hybridized carbons (Fsp3) is 0.143. The van der Waals surface area contributed by atoms with Gasteiger partial charge in [-0.2, -0.15) is 0 Å². The zero-order valence-electron chi connectivity index (χ0n) is 12.2. The van der Waals surface area contributed by atoms with Crippen molar-refractivity contribution in [2.24, 2.45) is 0 Å². The van der Waals surface area contributed by atoms with Crippen LogP contribution in [-0.4, -0.2) is 36.3 Å². The van der Waals surface area contributed by atoms with Crippen molar-refractivity contribution in [1.82, 2.24) is 30.4 Å². The van der Waals surface area contributed by atoms with Gasteiger partial charge < -0.3 is 0 Å². The summed E-state index contributed by atoms with van der Waals surface area (Å²) >= 11 is 1.37. The SMILES string of the molecule is CCc1nnc(NC(=O)/C=C/c2cccc(-n3cnnn3)c2)s1. The van der Waals surface area contributed by atoms with Gasteiger partial charge in [-0.15, -0.1) is 15.3 Å². The van der Waals surface area contributed by atoms with E-state index in [2.05, 4.69) is 31.0 Å². The number of rotatable bonds is 5. The van der Waals surface area contributed by atoms with E-state index in [0.29, 0.717) is 5.13 Å². The number of hydrogen-bond acceptors (Lipinski definition) is 7. The Morgan fingerprint density at radius 3 is 3.04 bits per heavy atom. The summed E-state index contributed by atoms with van der Waals surface area (Å²) in [6.07, 6.45) is 5.47. The Bertz CT molecular complexity index is 825. The van der Waals surface area contributed by atoms with Gasteiger partial charge in [0.25, 0.3) is 0 Å². The van der Waals surface area contributed by atoms with E-state index in [9.17, 15) is 4.79 Å². The Balaban J connectivity index is 1.67. The topological polar surface area (TPSA) is 98.5 Å². The third-order valence-electron chi connectivity index (χ3n) is 2.91. The molecule has 0 aliphatic rings. The summed E-state index contributed by atoms with van der Waals surface area (Å²) in [7, 11) is 0. The first-order valence-electron chi connectivity index (χ1n) is 6.89. The maximum absolute atomic E-state index is 11.9. The van der Waals surface area contributed by atoms with Crippen molar-refractivity contribution in [2.45, 2.75) is 13.3 Å². The fourth-order valence-electron chi connectivity index (χ4n) is 1.82. The maximum Gasteiger partial charge on any atom is 0.250 e. The highest BCUT2D eigenvalue weighted by molar-refractivity contribution is 7.15. The number of tetrazole rings is 1. The molecule has 9 heteroatoms. The number of anilines is 1. The Labute approximate surface area is 135 Å². The van der Waals surface area contributed by atoms with E-state index in [-0.39, 0.29) is 5.91 Å². The predicted octanol–water partition coefficient (Wildman–Crippen LogP) is 1.73. The van der Waals surface area contributed by atoms with Crippen molar-refractivity contribution in [3.8, 4) is 5.69 Å². The summed E-state index contributed by atoms with van der Waals surface area (Å²) in [5.41, 5.74) is 1.67.